The molecule has 92 valence electrons. The van der Waals surface area contributed by atoms with Crippen molar-refractivity contribution in [3.8, 4) is 0 Å². The van der Waals surface area contributed by atoms with Crippen LogP contribution in [0.15, 0.2) is 36.4 Å². The van der Waals surface area contributed by atoms with E-state index >= 15 is 0 Å². The summed E-state index contributed by atoms with van der Waals surface area (Å²) in [4.78, 5) is 0. The molecule has 0 bridgehead atoms. The lowest BCUT2D eigenvalue weighted by atomic mass is 9.93. The summed E-state index contributed by atoms with van der Waals surface area (Å²) in [7, 11) is 0. The summed E-state index contributed by atoms with van der Waals surface area (Å²) in [6.45, 7) is 0. The summed E-state index contributed by atoms with van der Waals surface area (Å²) in [5.41, 5.74) is 1.25. The number of allylic oxidation sites excluding steroid dienone is 1. The predicted octanol–water partition coefficient (Wildman–Crippen LogP) is 4.03. The van der Waals surface area contributed by atoms with Crippen molar-refractivity contribution in [3.05, 3.63) is 42.0 Å². The predicted molar refractivity (Wildman–Crippen MR) is 72.7 cm³/mol. The molecule has 0 amide bonds. The van der Waals surface area contributed by atoms with Gasteiger partial charge < -0.3 is 5.11 Å². The molecule has 1 aliphatic carbocycles. The summed E-state index contributed by atoms with van der Waals surface area (Å²) in [5.74, 6) is 0.470. The molecule has 1 nitrogen and oxygen atoms in total. The van der Waals surface area contributed by atoms with E-state index < -0.39 is 0 Å². The number of hydrogen-bond donors (Lipinski definition) is 1. The molecule has 0 radical (unpaired) electrons. The Morgan fingerprint density at radius 1 is 1.06 bits per heavy atom. The fourth-order valence-corrected chi connectivity index (χ4v) is 2.58. The second-order valence-corrected chi connectivity index (χ2v) is 5.01. The van der Waals surface area contributed by atoms with E-state index in [2.05, 4.69) is 36.4 Å². The fraction of sp³-hybridized carbons (Fsp3) is 0.500. The first-order valence-electron chi connectivity index (χ1n) is 6.76. The normalized spacial score (nSPS) is 25.9. The minimum absolute atomic E-state index is 0.0853. The van der Waals surface area contributed by atoms with Crippen molar-refractivity contribution in [2.45, 2.75) is 44.6 Å². The topological polar surface area (TPSA) is 20.2 Å². The first-order chi connectivity index (χ1) is 8.36. The van der Waals surface area contributed by atoms with Crippen molar-refractivity contribution in [2.75, 3.05) is 0 Å². The zero-order valence-corrected chi connectivity index (χ0v) is 10.4. The van der Waals surface area contributed by atoms with E-state index in [1.807, 2.05) is 6.07 Å². The van der Waals surface area contributed by atoms with E-state index in [4.69, 9.17) is 0 Å². The molecular formula is C16H22O. The average Bonchev–Trinajstić information content (AvgIpc) is 2.56. The maximum Gasteiger partial charge on any atom is 0.0571 e. The van der Waals surface area contributed by atoms with Crippen molar-refractivity contribution in [1.82, 2.24) is 0 Å². The first kappa shape index (κ1) is 12.4. The number of hydrogen-bond acceptors (Lipinski definition) is 1. The minimum atomic E-state index is -0.0853. The van der Waals surface area contributed by atoms with Crippen LogP contribution in [0.1, 0.15) is 44.1 Å². The van der Waals surface area contributed by atoms with E-state index in [-0.39, 0.29) is 6.10 Å². The van der Waals surface area contributed by atoms with E-state index in [1.54, 1.807) is 0 Å². The van der Waals surface area contributed by atoms with E-state index in [1.165, 1.54) is 31.2 Å². The lowest BCUT2D eigenvalue weighted by Crippen LogP contribution is -2.17. The Hall–Kier alpha value is -1.08. The molecule has 17 heavy (non-hydrogen) atoms. The molecule has 1 fully saturated rings. The highest BCUT2D eigenvalue weighted by molar-refractivity contribution is 5.48. The second-order valence-electron chi connectivity index (χ2n) is 5.01. The molecule has 2 atom stereocenters. The van der Waals surface area contributed by atoms with Crippen LogP contribution in [0.3, 0.4) is 0 Å². The van der Waals surface area contributed by atoms with E-state index in [9.17, 15) is 5.11 Å². The van der Waals surface area contributed by atoms with Gasteiger partial charge in [-0.15, -0.1) is 0 Å². The highest BCUT2D eigenvalue weighted by Crippen LogP contribution is 2.26. The Kier molecular flexibility index (Phi) is 4.81. The van der Waals surface area contributed by atoms with Crippen molar-refractivity contribution in [2.24, 2.45) is 5.92 Å². The van der Waals surface area contributed by atoms with E-state index in [0.29, 0.717) is 5.92 Å². The highest BCUT2D eigenvalue weighted by atomic mass is 16.3. The van der Waals surface area contributed by atoms with Crippen LogP contribution < -0.4 is 0 Å². The van der Waals surface area contributed by atoms with Gasteiger partial charge in [-0.05, 0) is 30.7 Å². The minimum Gasteiger partial charge on any atom is -0.393 e. The fourth-order valence-electron chi connectivity index (χ4n) is 2.58. The largest absolute Gasteiger partial charge is 0.393 e. The smallest absolute Gasteiger partial charge is 0.0571 e. The van der Waals surface area contributed by atoms with E-state index in [0.717, 1.165) is 12.8 Å². The molecule has 1 N–H and O–H groups in total. The van der Waals surface area contributed by atoms with Crippen LogP contribution in [0.4, 0.5) is 0 Å². The number of aliphatic hydroxyl groups is 1. The maximum atomic E-state index is 10.0. The summed E-state index contributed by atoms with van der Waals surface area (Å²) in [6.07, 6.45) is 11.2. The number of rotatable bonds is 3. The summed E-state index contributed by atoms with van der Waals surface area (Å²) >= 11 is 0. The van der Waals surface area contributed by atoms with Gasteiger partial charge >= 0.3 is 0 Å². The standard InChI is InChI=1S/C16H22O/c17-16-13-6-2-5-11-15(16)12-7-10-14-8-3-1-4-9-14/h1,3-4,7-10,15-17H,2,5-6,11-13H2/b10-7+. The lowest BCUT2D eigenvalue weighted by molar-refractivity contribution is 0.102. The third-order valence-corrected chi connectivity index (χ3v) is 3.67. The van der Waals surface area contributed by atoms with Crippen LogP contribution in [0.25, 0.3) is 6.08 Å². The van der Waals surface area contributed by atoms with Gasteiger partial charge in [0.25, 0.3) is 0 Å². The lowest BCUT2D eigenvalue weighted by Gasteiger charge is -2.18. The molecule has 1 aromatic rings. The Bertz CT molecular complexity index is 342. The van der Waals surface area contributed by atoms with Crippen LogP contribution in [-0.2, 0) is 0 Å². The molecule has 0 heterocycles. The summed E-state index contributed by atoms with van der Waals surface area (Å²) in [5, 5.41) is 10.0. The van der Waals surface area contributed by atoms with Crippen molar-refractivity contribution in [3.63, 3.8) is 0 Å². The first-order valence-corrected chi connectivity index (χ1v) is 6.76. The molecule has 1 aliphatic rings. The van der Waals surface area contributed by atoms with Gasteiger partial charge in [0.15, 0.2) is 0 Å². The molecule has 2 unspecified atom stereocenters. The quantitative estimate of drug-likeness (QED) is 0.777. The zero-order chi connectivity index (χ0) is 11.9. The van der Waals surface area contributed by atoms with Crippen LogP contribution in [0.5, 0.6) is 0 Å². The van der Waals surface area contributed by atoms with Gasteiger partial charge in [0.2, 0.25) is 0 Å². The molecule has 1 heteroatoms. The van der Waals surface area contributed by atoms with Crippen LogP contribution in [0.2, 0.25) is 0 Å². The second kappa shape index (κ2) is 6.61. The van der Waals surface area contributed by atoms with Crippen molar-refractivity contribution < 1.29 is 5.11 Å². The molecule has 0 aromatic heterocycles. The SMILES string of the molecule is OC1CCCCCC1C/C=C/c1ccccc1. The van der Waals surface area contributed by atoms with Crippen LogP contribution in [-0.4, -0.2) is 11.2 Å². The van der Waals surface area contributed by atoms with Crippen molar-refractivity contribution in [1.29, 1.82) is 0 Å². The summed E-state index contributed by atoms with van der Waals surface area (Å²) in [6, 6.07) is 10.4. The Balaban J connectivity index is 1.86. The number of aliphatic hydroxyl groups excluding tert-OH is 1. The Labute approximate surface area is 104 Å². The molecule has 1 aromatic carbocycles. The number of benzene rings is 1. The third-order valence-electron chi connectivity index (χ3n) is 3.67. The molecule has 0 saturated heterocycles. The molecule has 0 aliphatic heterocycles. The monoisotopic (exact) mass is 230 g/mol. The van der Waals surface area contributed by atoms with Gasteiger partial charge in [0.05, 0.1) is 6.10 Å². The van der Waals surface area contributed by atoms with Crippen LogP contribution >= 0.6 is 0 Å². The van der Waals surface area contributed by atoms with Gasteiger partial charge in [-0.25, -0.2) is 0 Å². The molecule has 2 rings (SSSR count). The van der Waals surface area contributed by atoms with Crippen LogP contribution in [0, 0.1) is 5.92 Å². The average molecular weight is 230 g/mol. The van der Waals surface area contributed by atoms with Crippen molar-refractivity contribution >= 4 is 6.08 Å². The van der Waals surface area contributed by atoms with Gasteiger partial charge in [-0.1, -0.05) is 61.7 Å². The maximum absolute atomic E-state index is 10.0. The van der Waals surface area contributed by atoms with Gasteiger partial charge in [-0.3, -0.25) is 0 Å². The molecule has 1 saturated carbocycles. The zero-order valence-electron chi connectivity index (χ0n) is 10.4. The van der Waals surface area contributed by atoms with Gasteiger partial charge in [0, 0.05) is 0 Å². The Morgan fingerprint density at radius 2 is 1.82 bits per heavy atom. The Morgan fingerprint density at radius 3 is 2.65 bits per heavy atom. The highest BCUT2D eigenvalue weighted by Gasteiger charge is 2.19. The molecule has 0 spiro atoms. The third kappa shape index (κ3) is 4.01. The molecular weight excluding hydrogens is 208 g/mol. The van der Waals surface area contributed by atoms with Gasteiger partial charge in [0.1, 0.15) is 0 Å². The summed E-state index contributed by atoms with van der Waals surface area (Å²) < 4.78 is 0. The van der Waals surface area contributed by atoms with Gasteiger partial charge in [-0.2, -0.15) is 0 Å².